The smallest absolute Gasteiger partial charge is 0.163 e. The minimum absolute atomic E-state index is 0.345. The number of halogens is 1. The number of ether oxygens (including phenoxy) is 3. The van der Waals surface area contributed by atoms with Crippen molar-refractivity contribution in [3.8, 4) is 11.5 Å². The van der Waals surface area contributed by atoms with E-state index in [4.69, 9.17) is 25.8 Å². The number of anilines is 1. The average molecular weight is 298 g/mol. The Labute approximate surface area is 124 Å². The second-order valence-corrected chi connectivity index (χ2v) is 5.75. The molecule has 2 unspecified atom stereocenters. The maximum Gasteiger partial charge on any atom is 0.163 e. The summed E-state index contributed by atoms with van der Waals surface area (Å²) < 4.78 is 16.6. The van der Waals surface area contributed by atoms with E-state index in [1.54, 1.807) is 7.11 Å². The van der Waals surface area contributed by atoms with Gasteiger partial charge in [-0.25, -0.2) is 0 Å². The number of hydrogen-bond donors (Lipinski definition) is 1. The normalized spacial score (nSPS) is 25.3. The van der Waals surface area contributed by atoms with Crippen molar-refractivity contribution < 1.29 is 14.2 Å². The van der Waals surface area contributed by atoms with E-state index >= 15 is 0 Å². The van der Waals surface area contributed by atoms with Crippen LogP contribution in [0, 0.1) is 0 Å². The van der Waals surface area contributed by atoms with Crippen LogP contribution in [0.5, 0.6) is 11.5 Å². The average Bonchev–Trinajstić information content (AvgIpc) is 2.48. The maximum absolute atomic E-state index is 6.32. The monoisotopic (exact) mass is 297 g/mol. The highest BCUT2D eigenvalue weighted by atomic mass is 35.5. The lowest BCUT2D eigenvalue weighted by Gasteiger charge is -2.30. The number of methoxy groups -OCH3 is 1. The van der Waals surface area contributed by atoms with Crippen LogP contribution in [-0.4, -0.2) is 32.5 Å². The second-order valence-electron chi connectivity index (χ2n) is 5.34. The molecule has 0 aromatic heterocycles. The van der Waals surface area contributed by atoms with Crippen molar-refractivity contribution in [1.29, 1.82) is 0 Å². The Morgan fingerprint density at radius 2 is 1.95 bits per heavy atom. The van der Waals surface area contributed by atoms with Gasteiger partial charge in [-0.05, 0) is 25.7 Å². The first-order chi connectivity index (χ1) is 9.76. The third kappa shape index (κ3) is 2.96. The number of rotatable bonds is 3. The minimum Gasteiger partial charge on any atom is -0.486 e. The molecule has 5 heteroatoms. The molecule has 2 atom stereocenters. The molecule has 1 N–H and O–H groups in total. The fourth-order valence-electron chi connectivity index (χ4n) is 2.88. The molecular formula is C15H20ClNO3. The molecule has 4 nitrogen and oxygen atoms in total. The first-order valence-electron chi connectivity index (χ1n) is 7.14. The Kier molecular flexibility index (Phi) is 4.22. The molecule has 3 rings (SSSR count). The predicted molar refractivity (Wildman–Crippen MR) is 79.1 cm³/mol. The molecule has 1 aromatic rings. The van der Waals surface area contributed by atoms with E-state index in [0.717, 1.165) is 36.4 Å². The van der Waals surface area contributed by atoms with Crippen molar-refractivity contribution in [3.63, 3.8) is 0 Å². The van der Waals surface area contributed by atoms with Crippen LogP contribution in [0.15, 0.2) is 12.1 Å². The molecule has 110 valence electrons. The van der Waals surface area contributed by atoms with Crippen molar-refractivity contribution in [3.05, 3.63) is 17.2 Å². The first kappa shape index (κ1) is 13.8. The summed E-state index contributed by atoms with van der Waals surface area (Å²) in [7, 11) is 1.78. The standard InChI is InChI=1S/C15H20ClNO3/c1-18-11-4-2-3-10(7-11)17-13-9-15-14(8-12(13)16)19-5-6-20-15/h8-11,17H,2-7H2,1H3. The van der Waals surface area contributed by atoms with Gasteiger partial charge < -0.3 is 19.5 Å². The third-order valence-electron chi connectivity index (χ3n) is 3.95. The third-order valence-corrected chi connectivity index (χ3v) is 4.26. The summed E-state index contributed by atoms with van der Waals surface area (Å²) >= 11 is 6.32. The van der Waals surface area contributed by atoms with Gasteiger partial charge in [0.1, 0.15) is 13.2 Å². The van der Waals surface area contributed by atoms with Crippen LogP contribution < -0.4 is 14.8 Å². The number of hydrogen-bond acceptors (Lipinski definition) is 4. The lowest BCUT2D eigenvalue weighted by molar-refractivity contribution is 0.0669. The Bertz CT molecular complexity index is 480. The van der Waals surface area contributed by atoms with E-state index < -0.39 is 0 Å². The quantitative estimate of drug-likeness (QED) is 0.927. The van der Waals surface area contributed by atoms with Crippen LogP contribution in [0.3, 0.4) is 0 Å². The summed E-state index contributed by atoms with van der Waals surface area (Å²) in [5, 5.41) is 4.19. The SMILES string of the molecule is COC1CCCC(Nc2cc3c(cc2Cl)OCCO3)C1. The van der Waals surface area contributed by atoms with Gasteiger partial charge in [0.05, 0.1) is 16.8 Å². The molecule has 0 bridgehead atoms. The van der Waals surface area contributed by atoms with E-state index in [2.05, 4.69) is 5.32 Å². The zero-order valence-corrected chi connectivity index (χ0v) is 12.4. The molecule has 20 heavy (non-hydrogen) atoms. The van der Waals surface area contributed by atoms with Gasteiger partial charge in [-0.2, -0.15) is 0 Å². The lowest BCUT2D eigenvalue weighted by Crippen LogP contribution is -2.31. The first-order valence-corrected chi connectivity index (χ1v) is 7.52. The Morgan fingerprint density at radius 3 is 2.70 bits per heavy atom. The van der Waals surface area contributed by atoms with E-state index in [0.29, 0.717) is 30.4 Å². The summed E-state index contributed by atoms with van der Waals surface area (Å²) in [6.45, 7) is 1.16. The minimum atomic E-state index is 0.345. The Balaban J connectivity index is 1.73. The van der Waals surface area contributed by atoms with E-state index in [1.807, 2.05) is 12.1 Å². The zero-order chi connectivity index (χ0) is 13.9. The summed E-state index contributed by atoms with van der Waals surface area (Å²) in [6, 6.07) is 4.16. The molecule has 1 aliphatic carbocycles. The predicted octanol–water partition coefficient (Wildman–Crippen LogP) is 3.48. The fourth-order valence-corrected chi connectivity index (χ4v) is 3.09. The zero-order valence-electron chi connectivity index (χ0n) is 11.7. The molecule has 1 aromatic carbocycles. The fraction of sp³-hybridized carbons (Fsp3) is 0.600. The molecule has 1 saturated carbocycles. The summed E-state index contributed by atoms with van der Waals surface area (Å²) in [5.41, 5.74) is 0.915. The molecule has 0 amide bonds. The van der Waals surface area contributed by atoms with Gasteiger partial charge in [0, 0.05) is 25.3 Å². The molecule has 0 spiro atoms. The summed E-state index contributed by atoms with van der Waals surface area (Å²) in [4.78, 5) is 0. The molecule has 1 fully saturated rings. The van der Waals surface area contributed by atoms with Gasteiger partial charge in [-0.15, -0.1) is 0 Å². The van der Waals surface area contributed by atoms with Crippen LogP contribution in [0.2, 0.25) is 5.02 Å². The van der Waals surface area contributed by atoms with Gasteiger partial charge in [-0.3, -0.25) is 0 Å². The van der Waals surface area contributed by atoms with Crippen molar-refractivity contribution >= 4 is 17.3 Å². The van der Waals surface area contributed by atoms with E-state index in [-0.39, 0.29) is 0 Å². The molecule has 0 saturated heterocycles. The highest BCUT2D eigenvalue weighted by Gasteiger charge is 2.23. The van der Waals surface area contributed by atoms with Gasteiger partial charge >= 0.3 is 0 Å². The van der Waals surface area contributed by atoms with Crippen molar-refractivity contribution in [2.24, 2.45) is 0 Å². The molecule has 2 aliphatic rings. The highest BCUT2D eigenvalue weighted by Crippen LogP contribution is 2.39. The Morgan fingerprint density at radius 1 is 1.20 bits per heavy atom. The van der Waals surface area contributed by atoms with Gasteiger partial charge in [0.25, 0.3) is 0 Å². The molecule has 0 radical (unpaired) electrons. The maximum atomic E-state index is 6.32. The van der Waals surface area contributed by atoms with E-state index in [9.17, 15) is 0 Å². The van der Waals surface area contributed by atoms with Gasteiger partial charge in [-0.1, -0.05) is 11.6 Å². The lowest BCUT2D eigenvalue weighted by atomic mass is 9.92. The van der Waals surface area contributed by atoms with Crippen LogP contribution in [0.25, 0.3) is 0 Å². The number of fused-ring (bicyclic) bond motifs is 1. The van der Waals surface area contributed by atoms with Crippen LogP contribution in [0.4, 0.5) is 5.69 Å². The largest absolute Gasteiger partial charge is 0.486 e. The van der Waals surface area contributed by atoms with Gasteiger partial charge in [0.15, 0.2) is 11.5 Å². The molecular weight excluding hydrogens is 278 g/mol. The van der Waals surface area contributed by atoms with Crippen molar-refractivity contribution in [2.75, 3.05) is 25.6 Å². The summed E-state index contributed by atoms with van der Waals surface area (Å²) in [6.07, 6.45) is 4.82. The molecule has 1 aliphatic heterocycles. The molecule has 1 heterocycles. The van der Waals surface area contributed by atoms with Gasteiger partial charge in [0.2, 0.25) is 0 Å². The topological polar surface area (TPSA) is 39.7 Å². The number of nitrogens with one attached hydrogen (secondary N) is 1. The second kappa shape index (κ2) is 6.10. The van der Waals surface area contributed by atoms with Crippen LogP contribution >= 0.6 is 11.6 Å². The van der Waals surface area contributed by atoms with Crippen LogP contribution in [-0.2, 0) is 4.74 Å². The van der Waals surface area contributed by atoms with Crippen LogP contribution in [0.1, 0.15) is 25.7 Å². The number of benzene rings is 1. The van der Waals surface area contributed by atoms with Crippen molar-refractivity contribution in [1.82, 2.24) is 0 Å². The highest BCUT2D eigenvalue weighted by molar-refractivity contribution is 6.33. The Hall–Kier alpha value is -1.13. The van der Waals surface area contributed by atoms with Crippen molar-refractivity contribution in [2.45, 2.75) is 37.8 Å². The van der Waals surface area contributed by atoms with E-state index in [1.165, 1.54) is 6.42 Å². The summed E-state index contributed by atoms with van der Waals surface area (Å²) in [5.74, 6) is 1.49.